The Morgan fingerprint density at radius 1 is 1.29 bits per heavy atom. The van der Waals surface area contributed by atoms with E-state index in [0.717, 1.165) is 9.80 Å². The molecular formula is C17H23N2O5. The lowest BCUT2D eigenvalue weighted by Gasteiger charge is -2.32. The third-order valence-electron chi connectivity index (χ3n) is 4.84. The monoisotopic (exact) mass is 335 g/mol. The molecule has 0 saturated heterocycles. The highest BCUT2D eigenvalue weighted by Gasteiger charge is 2.59. The molecule has 0 amide bonds. The summed E-state index contributed by atoms with van der Waals surface area (Å²) >= 11 is 0. The summed E-state index contributed by atoms with van der Waals surface area (Å²) in [6.45, 7) is 8.50. The molecular weight excluding hydrogens is 312 g/mol. The zero-order valence-electron chi connectivity index (χ0n) is 14.8. The Labute approximate surface area is 141 Å². The minimum atomic E-state index is -0.889. The molecule has 0 aromatic heterocycles. The number of carbonyl (C=O) groups is 1. The van der Waals surface area contributed by atoms with Crippen LogP contribution >= 0.6 is 0 Å². The Bertz CT molecular complexity index is 681. The van der Waals surface area contributed by atoms with Gasteiger partial charge in [0.1, 0.15) is 11.3 Å². The molecule has 0 bridgehead atoms. The normalized spacial score (nSPS) is 20.0. The number of ether oxygens (including phenoxy) is 2. The first-order chi connectivity index (χ1) is 11.0. The minimum Gasteiger partial charge on any atom is -0.714 e. The van der Waals surface area contributed by atoms with Crippen molar-refractivity contribution in [2.24, 2.45) is 0 Å². The lowest BCUT2D eigenvalue weighted by atomic mass is 9.84. The topological polar surface area (TPSA) is 84.7 Å². The van der Waals surface area contributed by atoms with Gasteiger partial charge in [-0.1, -0.05) is 11.1 Å². The number of esters is 1. The van der Waals surface area contributed by atoms with Crippen LogP contribution in [-0.2, 0) is 14.7 Å². The van der Waals surface area contributed by atoms with E-state index in [9.17, 15) is 15.2 Å². The van der Waals surface area contributed by atoms with Gasteiger partial charge in [0.15, 0.2) is 11.6 Å². The zero-order chi connectivity index (χ0) is 18.3. The van der Waals surface area contributed by atoms with Crippen LogP contribution in [0.5, 0.6) is 5.75 Å². The van der Waals surface area contributed by atoms with Crippen LogP contribution in [0.2, 0.25) is 0 Å². The van der Waals surface area contributed by atoms with Crippen molar-refractivity contribution < 1.29 is 24.2 Å². The van der Waals surface area contributed by atoms with E-state index in [1.807, 2.05) is 0 Å². The Balaban J connectivity index is 2.39. The molecule has 1 heterocycles. The summed E-state index contributed by atoms with van der Waals surface area (Å²) in [5.41, 5.74) is -1.34. The molecule has 0 N–H and O–H groups in total. The molecule has 1 aromatic carbocycles. The van der Waals surface area contributed by atoms with Gasteiger partial charge in [0.2, 0.25) is 0 Å². The smallest absolute Gasteiger partial charge is 0.346 e. The van der Waals surface area contributed by atoms with E-state index >= 15 is 0 Å². The second kappa shape index (κ2) is 5.98. The van der Waals surface area contributed by atoms with Gasteiger partial charge < -0.3 is 14.7 Å². The van der Waals surface area contributed by atoms with Crippen LogP contribution in [0.25, 0.3) is 0 Å². The Morgan fingerprint density at radius 2 is 1.92 bits per heavy atom. The summed E-state index contributed by atoms with van der Waals surface area (Å²) in [5, 5.41) is 26.1. The predicted octanol–water partition coefficient (Wildman–Crippen LogP) is 2.10. The summed E-state index contributed by atoms with van der Waals surface area (Å²) in [4.78, 5) is 11.5. The molecule has 7 nitrogen and oxygen atoms in total. The highest BCUT2D eigenvalue weighted by Crippen LogP contribution is 2.37. The number of hydrogen-bond acceptors (Lipinski definition) is 5. The lowest BCUT2D eigenvalue weighted by molar-refractivity contribution is -0.539. The molecule has 0 saturated carbocycles. The summed E-state index contributed by atoms with van der Waals surface area (Å²) in [7, 11) is 1.28. The maximum absolute atomic E-state index is 12.7. The maximum Gasteiger partial charge on any atom is 0.346 e. The lowest BCUT2D eigenvalue weighted by Crippen LogP contribution is -2.53. The van der Waals surface area contributed by atoms with Crippen molar-refractivity contribution in [2.75, 3.05) is 7.11 Å². The molecule has 0 fully saturated rings. The van der Waals surface area contributed by atoms with Crippen LogP contribution in [0.3, 0.4) is 0 Å². The quantitative estimate of drug-likeness (QED) is 0.478. The van der Waals surface area contributed by atoms with Gasteiger partial charge in [-0.05, 0) is 52.8 Å². The number of carbonyl (C=O) groups excluding carboxylic acids is 1. The third kappa shape index (κ3) is 2.69. The first-order valence-corrected chi connectivity index (χ1v) is 7.70. The molecule has 1 unspecified atom stereocenters. The Kier molecular flexibility index (Phi) is 4.50. The summed E-state index contributed by atoms with van der Waals surface area (Å²) in [6, 6.07) is 6.56. The van der Waals surface area contributed by atoms with Gasteiger partial charge in [-0.2, -0.15) is 0 Å². The fraction of sp³-hybridized carbons (Fsp3) is 0.529. The van der Waals surface area contributed by atoms with Gasteiger partial charge in [-0.25, -0.2) is 4.79 Å². The molecule has 24 heavy (non-hydrogen) atoms. The number of methoxy groups -OCH3 is 1. The van der Waals surface area contributed by atoms with Crippen molar-refractivity contribution in [3.05, 3.63) is 35.0 Å². The maximum atomic E-state index is 12.7. The molecule has 1 aliphatic rings. The van der Waals surface area contributed by atoms with Gasteiger partial charge >= 0.3 is 11.8 Å². The van der Waals surface area contributed by atoms with Crippen molar-refractivity contribution in [3.8, 4) is 5.75 Å². The average molecular weight is 335 g/mol. The summed E-state index contributed by atoms with van der Waals surface area (Å²) < 4.78 is 10.9. The molecule has 131 valence electrons. The van der Waals surface area contributed by atoms with Crippen molar-refractivity contribution in [2.45, 2.75) is 51.8 Å². The number of hydroxylamine groups is 3. The summed E-state index contributed by atoms with van der Waals surface area (Å²) in [6.07, 6.45) is -0.793. The molecule has 1 aliphatic heterocycles. The average Bonchev–Trinajstić information content (AvgIpc) is 2.64. The van der Waals surface area contributed by atoms with Crippen LogP contribution < -0.4 is 4.74 Å². The van der Waals surface area contributed by atoms with Gasteiger partial charge in [0, 0.05) is 5.21 Å². The molecule has 1 aromatic rings. The Morgan fingerprint density at radius 3 is 2.42 bits per heavy atom. The summed E-state index contributed by atoms with van der Waals surface area (Å²) in [5.74, 6) is -0.101. The molecule has 1 radical (unpaired) electrons. The van der Waals surface area contributed by atoms with E-state index in [1.54, 1.807) is 58.9 Å². The largest absolute Gasteiger partial charge is 0.714 e. The number of nitrogens with zero attached hydrogens (tertiary/aromatic N) is 2. The number of hydrogen-bond donors (Lipinski definition) is 0. The standard InChI is InChI=1S/C17H23N2O5/c1-11(15(20)23-6)24-13-9-7-8-12(10-13)14-18(21)16(2,3)17(4,5)19(14)22/h7-11H,1-6H3. The van der Waals surface area contributed by atoms with Crippen LogP contribution in [0.1, 0.15) is 40.2 Å². The van der Waals surface area contributed by atoms with Gasteiger partial charge in [0.25, 0.3) is 0 Å². The second-order valence-corrected chi connectivity index (χ2v) is 6.84. The van der Waals surface area contributed by atoms with Crippen molar-refractivity contribution in [1.29, 1.82) is 0 Å². The van der Waals surface area contributed by atoms with E-state index < -0.39 is 23.2 Å². The fourth-order valence-electron chi connectivity index (χ4n) is 2.47. The highest BCUT2D eigenvalue weighted by molar-refractivity contribution is 5.96. The minimum absolute atomic E-state index is 0.0289. The zero-order valence-corrected chi connectivity index (χ0v) is 14.8. The van der Waals surface area contributed by atoms with Gasteiger partial charge in [-0.3, -0.25) is 4.74 Å². The molecule has 7 heteroatoms. The Hall–Kier alpha value is -2.28. The SMILES string of the molecule is COC(=O)C(C)Oc1cccc(C2=[N+]([O-])C(C)(C)C(C)(C)N2[O])c1. The van der Waals surface area contributed by atoms with E-state index in [4.69, 9.17) is 4.74 Å². The van der Waals surface area contributed by atoms with Crippen LogP contribution in [-0.4, -0.2) is 45.9 Å². The van der Waals surface area contributed by atoms with Crippen LogP contribution in [0, 0.1) is 5.21 Å². The highest BCUT2D eigenvalue weighted by atomic mass is 16.6. The first kappa shape index (κ1) is 18.1. The number of amidine groups is 1. The molecule has 2 rings (SSSR count). The van der Waals surface area contributed by atoms with E-state index in [1.165, 1.54) is 7.11 Å². The number of benzene rings is 1. The van der Waals surface area contributed by atoms with Crippen molar-refractivity contribution >= 4 is 11.8 Å². The van der Waals surface area contributed by atoms with Crippen LogP contribution in [0.4, 0.5) is 0 Å². The number of rotatable bonds is 4. The van der Waals surface area contributed by atoms with E-state index in [0.29, 0.717) is 11.3 Å². The van der Waals surface area contributed by atoms with Crippen LogP contribution in [0.15, 0.2) is 24.3 Å². The van der Waals surface area contributed by atoms with Gasteiger partial charge in [0.05, 0.1) is 12.7 Å². The molecule has 0 spiro atoms. The predicted molar refractivity (Wildman–Crippen MR) is 87.0 cm³/mol. The third-order valence-corrected chi connectivity index (χ3v) is 4.84. The van der Waals surface area contributed by atoms with Crippen molar-refractivity contribution in [1.82, 2.24) is 5.06 Å². The first-order valence-electron chi connectivity index (χ1n) is 7.70. The van der Waals surface area contributed by atoms with E-state index in [2.05, 4.69) is 4.74 Å². The second-order valence-electron chi connectivity index (χ2n) is 6.84. The van der Waals surface area contributed by atoms with Crippen molar-refractivity contribution in [3.63, 3.8) is 0 Å². The molecule has 1 atom stereocenters. The fourth-order valence-corrected chi connectivity index (χ4v) is 2.47. The van der Waals surface area contributed by atoms with E-state index in [-0.39, 0.29) is 5.84 Å². The van der Waals surface area contributed by atoms with Gasteiger partial charge in [-0.15, -0.1) is 0 Å². The molecule has 0 aliphatic carbocycles.